The Morgan fingerprint density at radius 2 is 0.568 bits per heavy atom. The molecule has 0 saturated heterocycles. The lowest BCUT2D eigenvalue weighted by Crippen LogP contribution is -2.33. The number of ether oxygens (including phenoxy) is 1. The van der Waals surface area contributed by atoms with Crippen molar-refractivity contribution in [1.82, 2.24) is 5.32 Å². The molecule has 0 aliphatic heterocycles. The fraction of sp³-hybridized carbons (Fsp3) is 0.112. The van der Waals surface area contributed by atoms with Crippen molar-refractivity contribution in [2.45, 2.75) is 58.8 Å². The highest BCUT2D eigenvalue weighted by Crippen LogP contribution is 2.15. The number of amides is 1. The molecule has 420 valence electrons. The third-order valence-corrected chi connectivity index (χ3v) is 8.17. The van der Waals surface area contributed by atoms with Gasteiger partial charge in [0.05, 0.1) is 0 Å². The number of rotatable bonds is 7. The summed E-state index contributed by atoms with van der Waals surface area (Å²) in [5.74, 6) is 173. The van der Waals surface area contributed by atoms with Crippen LogP contribution in [-0.2, 0) is 15.3 Å². The van der Waals surface area contributed by atoms with E-state index in [0.717, 1.165) is 5.56 Å². The number of Topliss-reactive ketones (excluding diaryl/α,β-unsaturated/α-hetero) is 1. The molecule has 6 heteroatoms. The second kappa shape index (κ2) is 62.8. The summed E-state index contributed by atoms with van der Waals surface area (Å²) in [6.45, 7) is 9.02. The van der Waals surface area contributed by atoms with Gasteiger partial charge in [0.25, 0.3) is 0 Å². The van der Waals surface area contributed by atoms with E-state index in [2.05, 4.69) is 414 Å². The van der Waals surface area contributed by atoms with E-state index >= 15 is 0 Å². The number of carbonyl (C=O) groups excluding carboxylic acids is 3. The van der Waals surface area contributed by atoms with Gasteiger partial charge in [-0.2, -0.15) is 0 Å². The number of carbonyl (C=O) groups is 3. The maximum atomic E-state index is 12.1. The van der Waals surface area contributed by atoms with Crippen LogP contribution in [0.15, 0.2) is 24.3 Å². The van der Waals surface area contributed by atoms with E-state index in [-0.39, 0.29) is 10.9 Å². The quantitative estimate of drug-likeness (QED) is 0.244. The van der Waals surface area contributed by atoms with Crippen molar-refractivity contribution >= 4 is 28.8 Å². The fourth-order valence-electron chi connectivity index (χ4n) is 4.00. The molecule has 5 nitrogen and oxygen atoms in total. The van der Waals surface area contributed by atoms with E-state index < -0.39 is 11.7 Å². The molecule has 1 rings (SSSR count). The Morgan fingerprint density at radius 3 is 0.758 bits per heavy atom. The Kier molecular flexibility index (Phi) is 51.4. The highest BCUT2D eigenvalue weighted by molar-refractivity contribution is 8.12. The van der Waals surface area contributed by atoms with E-state index in [1.807, 2.05) is 12.1 Å². The summed E-state index contributed by atoms with van der Waals surface area (Å²) < 4.78 is 5.12. The van der Waals surface area contributed by atoms with Gasteiger partial charge in [-0.15, -0.1) is 6.42 Å². The average Bonchev–Trinajstić information content (AvgIpc) is 1.79. The first-order valence-corrected chi connectivity index (χ1v) is 26.7. The highest BCUT2D eigenvalue weighted by Gasteiger charge is 2.15. The second-order valence-corrected chi connectivity index (χ2v) is 16.4. The summed E-state index contributed by atoms with van der Waals surface area (Å²) in [5, 5.41) is 2.71. The van der Waals surface area contributed by atoms with Crippen LogP contribution in [0.1, 0.15) is 63.4 Å². The minimum Gasteiger partial charge on any atom is -0.444 e. The zero-order chi connectivity index (χ0) is 69.0. The molecule has 0 unspecified atom stereocenters. The zero-order valence-corrected chi connectivity index (χ0v) is 51.6. The van der Waals surface area contributed by atoms with Crippen LogP contribution >= 0.6 is 11.8 Å². The molecule has 1 N–H and O–H groups in total. The lowest BCUT2D eigenvalue weighted by molar-refractivity contribution is -0.109. The van der Waals surface area contributed by atoms with Crippen LogP contribution in [0.25, 0.3) is 0 Å². The van der Waals surface area contributed by atoms with Gasteiger partial charge in [-0.05, 0) is 134 Å². The van der Waals surface area contributed by atoms with E-state index in [4.69, 9.17) is 11.2 Å². The van der Waals surface area contributed by atoms with Crippen LogP contribution in [0.5, 0.6) is 0 Å². The van der Waals surface area contributed by atoms with Crippen LogP contribution < -0.4 is 5.32 Å². The van der Waals surface area contributed by atoms with Crippen molar-refractivity contribution in [1.29, 1.82) is 0 Å². The third kappa shape index (κ3) is 64.2. The standard InChI is InChI=1S/C71H4.C18H25NO4S/c1-3-5-7-9-11-13-15-17-19-21-23-25-27-29-31-33-35-37-39-41-43-45-47-49-51-53-55-57-59-61-63-65-67-69-71-70-68-66-64-62-60-58-56-54-52-50-48-46-44-42-40-38-36-34-32-30-28-26-24-22-20-18-16-14-12-10-8-6-4-2;1-13(20)24-12-14-7-9-15(10-8-14)16(21)6-5-11-19-17(22)23-18(2,3)4/h1H,2H3;7-10H,5-6,11-12H2,1-4H3,(H,19,22). The van der Waals surface area contributed by atoms with E-state index in [9.17, 15) is 14.4 Å². The van der Waals surface area contributed by atoms with Gasteiger partial charge in [0, 0.05) is 339 Å². The van der Waals surface area contributed by atoms with Gasteiger partial charge in [0.15, 0.2) is 10.9 Å². The SMILES string of the molecule is C#CC#CC#CC#CC#CC#CC#CC#CC#CC#CC#CC#CC#CC#CC#CC#CC#CC#CC#CC#CC#CC#CC#CC#CC#CC#CC#CC#CC#CC#CC#CC#CC#CC#CC#CC.CC(=O)SCc1ccc(C(=O)CCCNC(=O)OC(C)(C)C)cc1. The minimum atomic E-state index is -0.525. The van der Waals surface area contributed by atoms with Crippen LogP contribution in [0, 0.1) is 415 Å². The first-order valence-electron chi connectivity index (χ1n) is 25.7. The Morgan fingerprint density at radius 1 is 0.358 bits per heavy atom. The normalized spacial score (nSPS) is 5.73. The zero-order valence-electron chi connectivity index (χ0n) is 50.8. The number of hydrogen-bond donors (Lipinski definition) is 1. The number of thioether (sulfide) groups is 1. The molecule has 0 fully saturated rings. The van der Waals surface area contributed by atoms with Crippen LogP contribution in [0.3, 0.4) is 0 Å². The van der Waals surface area contributed by atoms with Crippen LogP contribution in [0.4, 0.5) is 4.79 Å². The fourth-order valence-corrected chi connectivity index (χ4v) is 4.56. The molecule has 0 heterocycles. The molecular weight excluding hydrogens is 1180 g/mol. The molecule has 1 aromatic rings. The van der Waals surface area contributed by atoms with Gasteiger partial charge in [-0.3, -0.25) is 9.59 Å². The van der Waals surface area contributed by atoms with Crippen molar-refractivity contribution < 1.29 is 19.1 Å². The Bertz CT molecular complexity index is 5700. The largest absolute Gasteiger partial charge is 0.444 e. The number of alkyl carbamates (subject to hydrolysis) is 1. The molecule has 0 aromatic heterocycles. The Balaban J connectivity index is 0.00000306. The molecule has 0 bridgehead atoms. The van der Waals surface area contributed by atoms with Gasteiger partial charge in [-0.1, -0.05) is 41.9 Å². The lowest BCUT2D eigenvalue weighted by Gasteiger charge is -2.19. The summed E-state index contributed by atoms with van der Waals surface area (Å²) in [4.78, 5) is 34.5. The van der Waals surface area contributed by atoms with Gasteiger partial charge < -0.3 is 10.1 Å². The van der Waals surface area contributed by atoms with Crippen molar-refractivity contribution in [3.05, 3.63) is 35.4 Å². The first kappa shape index (κ1) is 77.8. The molecule has 0 spiro atoms. The molecule has 0 radical (unpaired) electrons. The van der Waals surface area contributed by atoms with Crippen molar-refractivity contribution in [3.63, 3.8) is 0 Å². The smallest absolute Gasteiger partial charge is 0.407 e. The molecule has 0 atom stereocenters. The predicted molar refractivity (Wildman–Crippen MR) is 375 cm³/mol. The van der Waals surface area contributed by atoms with Crippen LogP contribution in [0.2, 0.25) is 0 Å². The lowest BCUT2D eigenvalue weighted by atomic mass is 10.1. The monoisotopic (exact) mass is 1210 g/mol. The predicted octanol–water partition coefficient (Wildman–Crippen LogP) is 4.71. The summed E-state index contributed by atoms with van der Waals surface area (Å²) in [5.41, 5.74) is 1.13. The van der Waals surface area contributed by atoms with E-state index in [1.54, 1.807) is 39.8 Å². The van der Waals surface area contributed by atoms with Gasteiger partial charge in [0.2, 0.25) is 0 Å². The van der Waals surface area contributed by atoms with Gasteiger partial charge in [0.1, 0.15) is 5.60 Å². The van der Waals surface area contributed by atoms with E-state index in [1.165, 1.54) is 18.7 Å². The number of nitrogens with one attached hydrogen (secondary N) is 1. The Labute approximate surface area is 565 Å². The van der Waals surface area contributed by atoms with Gasteiger partial charge >= 0.3 is 6.09 Å². The number of hydrogen-bond acceptors (Lipinski definition) is 5. The highest BCUT2D eigenvalue weighted by atomic mass is 32.2. The Hall–Kier alpha value is -17.2. The first-order chi connectivity index (χ1) is 46.6. The number of ketones is 1. The maximum Gasteiger partial charge on any atom is 0.407 e. The molecular formula is C89H29NO4S. The molecule has 1 aromatic carbocycles. The number of benzene rings is 1. The third-order valence-electron chi connectivity index (χ3n) is 7.29. The maximum absolute atomic E-state index is 12.1. The van der Waals surface area contributed by atoms with Crippen molar-refractivity contribution in [3.8, 4) is 415 Å². The molecule has 0 aliphatic rings. The summed E-state index contributed by atoms with van der Waals surface area (Å²) >= 11 is 1.25. The molecule has 95 heavy (non-hydrogen) atoms. The van der Waals surface area contributed by atoms with Gasteiger partial charge in [-0.25, -0.2) is 4.79 Å². The van der Waals surface area contributed by atoms with E-state index in [0.29, 0.717) is 30.7 Å². The van der Waals surface area contributed by atoms with Crippen LogP contribution in [-0.4, -0.2) is 29.1 Å². The van der Waals surface area contributed by atoms with Crippen molar-refractivity contribution in [2.75, 3.05) is 6.54 Å². The average molecular weight is 1210 g/mol. The minimum absolute atomic E-state index is 0.0340. The summed E-state index contributed by atoms with van der Waals surface area (Å²) in [7, 11) is 0. The summed E-state index contributed by atoms with van der Waals surface area (Å²) in [6.07, 6.45) is 5.39. The van der Waals surface area contributed by atoms with Crippen molar-refractivity contribution in [2.24, 2.45) is 0 Å². The molecule has 1 amide bonds. The second-order valence-electron chi connectivity index (χ2n) is 15.2. The molecule has 0 saturated carbocycles. The summed E-state index contributed by atoms with van der Waals surface area (Å²) in [6, 6.07) is 7.28. The number of terminal acetylenes is 1. The topological polar surface area (TPSA) is 72.5 Å². The molecule has 0 aliphatic carbocycles.